The van der Waals surface area contributed by atoms with Crippen molar-refractivity contribution in [2.45, 2.75) is 45.1 Å². The normalized spacial score (nSPS) is 28.0. The summed E-state index contributed by atoms with van der Waals surface area (Å²) in [6, 6.07) is -0.413. The minimum Gasteiger partial charge on any atom is -0.479 e. The van der Waals surface area contributed by atoms with Crippen LogP contribution in [0.5, 0.6) is 0 Å². The second-order valence-corrected chi connectivity index (χ2v) is 4.83. The Hall–Kier alpha value is -1.52. The largest absolute Gasteiger partial charge is 0.479 e. The van der Waals surface area contributed by atoms with Crippen LogP contribution in [-0.4, -0.2) is 29.2 Å². The summed E-state index contributed by atoms with van der Waals surface area (Å²) in [6.07, 6.45) is 6.83. The molecule has 1 aliphatic carbocycles. The van der Waals surface area contributed by atoms with Gasteiger partial charge in [-0.2, -0.15) is 0 Å². The summed E-state index contributed by atoms with van der Waals surface area (Å²) >= 11 is 0. The van der Waals surface area contributed by atoms with E-state index in [4.69, 9.17) is 0 Å². The van der Waals surface area contributed by atoms with Gasteiger partial charge in [-0.25, -0.2) is 9.59 Å². The second kappa shape index (κ2) is 6.42. The molecular weight excluding hydrogens is 232 g/mol. The molecule has 18 heavy (non-hydrogen) atoms. The van der Waals surface area contributed by atoms with Gasteiger partial charge in [0.15, 0.2) is 0 Å². The van der Waals surface area contributed by atoms with Crippen molar-refractivity contribution in [3.63, 3.8) is 0 Å². The first-order valence-corrected chi connectivity index (χ1v) is 6.43. The Labute approximate surface area is 108 Å². The third kappa shape index (κ3) is 3.24. The highest BCUT2D eigenvalue weighted by molar-refractivity contribution is 5.86. The molecule has 5 heteroatoms. The van der Waals surface area contributed by atoms with Crippen molar-refractivity contribution in [1.29, 1.82) is 0 Å². The molecule has 2 unspecified atom stereocenters. The molecule has 0 aromatic rings. The third-order valence-electron chi connectivity index (χ3n) is 3.63. The Morgan fingerprint density at radius 2 is 2.17 bits per heavy atom. The summed E-state index contributed by atoms with van der Waals surface area (Å²) in [5, 5.41) is 14.7. The zero-order valence-electron chi connectivity index (χ0n) is 11.0. The van der Waals surface area contributed by atoms with Crippen molar-refractivity contribution in [3.05, 3.63) is 12.2 Å². The summed E-state index contributed by atoms with van der Waals surface area (Å²) in [5.74, 6) is -0.980. The predicted molar refractivity (Wildman–Crippen MR) is 69.3 cm³/mol. The SMILES string of the molecule is C/C=C/CNC(=O)NC1(C(=O)O)CCCCC1C. The summed E-state index contributed by atoms with van der Waals surface area (Å²) in [7, 11) is 0. The second-order valence-electron chi connectivity index (χ2n) is 4.83. The van der Waals surface area contributed by atoms with Gasteiger partial charge in [0, 0.05) is 6.54 Å². The lowest BCUT2D eigenvalue weighted by molar-refractivity contribution is -0.148. The van der Waals surface area contributed by atoms with Gasteiger partial charge >= 0.3 is 12.0 Å². The molecule has 5 nitrogen and oxygen atoms in total. The molecule has 102 valence electrons. The number of amides is 2. The Morgan fingerprint density at radius 1 is 1.44 bits per heavy atom. The Bertz CT molecular complexity index is 341. The maximum Gasteiger partial charge on any atom is 0.329 e. The Kier molecular flexibility index (Phi) is 5.19. The van der Waals surface area contributed by atoms with Crippen LogP contribution in [0.3, 0.4) is 0 Å². The first-order chi connectivity index (χ1) is 8.53. The van der Waals surface area contributed by atoms with Crippen LogP contribution in [0.2, 0.25) is 0 Å². The van der Waals surface area contributed by atoms with Crippen LogP contribution in [0.4, 0.5) is 4.79 Å². The molecule has 1 saturated carbocycles. The molecule has 0 aromatic carbocycles. The molecule has 2 amide bonds. The van der Waals surface area contributed by atoms with Crippen molar-refractivity contribution in [2.75, 3.05) is 6.54 Å². The number of carboxylic acid groups (broad SMARTS) is 1. The van der Waals surface area contributed by atoms with Crippen LogP contribution < -0.4 is 10.6 Å². The van der Waals surface area contributed by atoms with Crippen molar-refractivity contribution in [1.82, 2.24) is 10.6 Å². The van der Waals surface area contributed by atoms with Crippen molar-refractivity contribution >= 4 is 12.0 Å². The van der Waals surface area contributed by atoms with E-state index < -0.39 is 17.5 Å². The van der Waals surface area contributed by atoms with Crippen LogP contribution in [0.25, 0.3) is 0 Å². The van der Waals surface area contributed by atoms with Crippen LogP contribution in [0.15, 0.2) is 12.2 Å². The van der Waals surface area contributed by atoms with Gasteiger partial charge in [0.2, 0.25) is 0 Å². The van der Waals surface area contributed by atoms with Crippen LogP contribution >= 0.6 is 0 Å². The molecular formula is C13H22N2O3. The van der Waals surface area contributed by atoms with Gasteiger partial charge in [0.1, 0.15) is 5.54 Å². The van der Waals surface area contributed by atoms with Gasteiger partial charge in [0.05, 0.1) is 0 Å². The number of aliphatic carboxylic acids is 1. The fourth-order valence-corrected chi connectivity index (χ4v) is 2.42. The molecule has 0 bridgehead atoms. The van der Waals surface area contributed by atoms with Crippen LogP contribution in [0.1, 0.15) is 39.5 Å². The van der Waals surface area contributed by atoms with E-state index in [1.54, 1.807) is 6.08 Å². The van der Waals surface area contributed by atoms with Crippen LogP contribution in [-0.2, 0) is 4.79 Å². The average molecular weight is 254 g/mol. The van der Waals surface area contributed by atoms with E-state index in [1.165, 1.54) is 0 Å². The molecule has 0 spiro atoms. The fourth-order valence-electron chi connectivity index (χ4n) is 2.42. The zero-order chi connectivity index (χ0) is 13.6. The number of nitrogens with one attached hydrogen (secondary N) is 2. The summed E-state index contributed by atoms with van der Waals surface area (Å²) in [4.78, 5) is 23.2. The molecule has 1 fully saturated rings. The fraction of sp³-hybridized carbons (Fsp3) is 0.692. The standard InChI is InChI=1S/C13H22N2O3/c1-3-4-9-14-12(18)15-13(11(16)17)8-6-5-7-10(13)2/h3-4,10H,5-9H2,1-2H3,(H,16,17)(H2,14,15,18)/b4-3+. The zero-order valence-corrected chi connectivity index (χ0v) is 11.0. The topological polar surface area (TPSA) is 78.4 Å². The highest BCUT2D eigenvalue weighted by Crippen LogP contribution is 2.33. The quantitative estimate of drug-likeness (QED) is 0.670. The maximum absolute atomic E-state index is 11.7. The first-order valence-electron chi connectivity index (χ1n) is 6.43. The summed E-state index contributed by atoms with van der Waals surface area (Å²) < 4.78 is 0. The molecule has 0 saturated heterocycles. The van der Waals surface area contributed by atoms with Crippen LogP contribution in [0, 0.1) is 5.92 Å². The molecule has 1 rings (SSSR count). The summed E-state index contributed by atoms with van der Waals surface area (Å²) in [6.45, 7) is 4.16. The van der Waals surface area contributed by atoms with E-state index in [2.05, 4.69) is 10.6 Å². The smallest absolute Gasteiger partial charge is 0.329 e. The molecule has 2 atom stereocenters. The molecule has 0 aliphatic heterocycles. The number of allylic oxidation sites excluding steroid dienone is 1. The van der Waals surface area contributed by atoms with Gasteiger partial charge in [0.25, 0.3) is 0 Å². The van der Waals surface area contributed by atoms with E-state index in [1.807, 2.05) is 19.9 Å². The number of carboxylic acids is 1. The van der Waals surface area contributed by atoms with Gasteiger partial charge in [-0.1, -0.05) is 31.9 Å². The molecule has 3 N–H and O–H groups in total. The Balaban J connectivity index is 2.67. The highest BCUT2D eigenvalue weighted by Gasteiger charge is 2.46. The highest BCUT2D eigenvalue weighted by atomic mass is 16.4. The number of carbonyl (C=O) groups excluding carboxylic acids is 1. The minimum absolute atomic E-state index is 0.0452. The maximum atomic E-state index is 11.7. The van der Waals surface area contributed by atoms with E-state index in [-0.39, 0.29) is 5.92 Å². The van der Waals surface area contributed by atoms with E-state index >= 15 is 0 Å². The van der Waals surface area contributed by atoms with Crippen molar-refractivity contribution in [2.24, 2.45) is 5.92 Å². The number of rotatable bonds is 4. The first kappa shape index (κ1) is 14.5. The van der Waals surface area contributed by atoms with E-state index in [9.17, 15) is 14.7 Å². The van der Waals surface area contributed by atoms with Gasteiger partial charge in [-0.05, 0) is 25.7 Å². The lowest BCUT2D eigenvalue weighted by atomic mass is 9.73. The molecule has 0 aromatic heterocycles. The lowest BCUT2D eigenvalue weighted by Gasteiger charge is -2.39. The van der Waals surface area contributed by atoms with Crippen molar-refractivity contribution in [3.8, 4) is 0 Å². The van der Waals surface area contributed by atoms with Crippen molar-refractivity contribution < 1.29 is 14.7 Å². The lowest BCUT2D eigenvalue weighted by Crippen LogP contribution is -2.61. The predicted octanol–water partition coefficient (Wildman–Crippen LogP) is 1.90. The van der Waals surface area contributed by atoms with E-state index in [0.717, 1.165) is 19.3 Å². The number of urea groups is 1. The molecule has 0 radical (unpaired) electrons. The minimum atomic E-state index is -1.11. The third-order valence-corrected chi connectivity index (χ3v) is 3.63. The summed E-state index contributed by atoms with van der Waals surface area (Å²) in [5.41, 5.74) is -1.11. The van der Waals surface area contributed by atoms with Gasteiger partial charge < -0.3 is 15.7 Å². The average Bonchev–Trinajstić information content (AvgIpc) is 2.32. The monoisotopic (exact) mass is 254 g/mol. The van der Waals surface area contributed by atoms with E-state index in [0.29, 0.717) is 13.0 Å². The number of carbonyl (C=O) groups is 2. The molecule has 1 aliphatic rings. The Morgan fingerprint density at radius 3 is 2.72 bits per heavy atom. The van der Waals surface area contributed by atoms with Gasteiger partial charge in [-0.15, -0.1) is 0 Å². The van der Waals surface area contributed by atoms with Gasteiger partial charge in [-0.3, -0.25) is 0 Å². The molecule has 0 heterocycles. The number of hydrogen-bond acceptors (Lipinski definition) is 2. The number of hydrogen-bond donors (Lipinski definition) is 3.